The maximum absolute atomic E-state index is 12.9. The van der Waals surface area contributed by atoms with Gasteiger partial charge in [0.25, 0.3) is 11.1 Å². The number of hydrogen-bond acceptors (Lipinski definition) is 4. The van der Waals surface area contributed by atoms with Crippen LogP contribution in [-0.4, -0.2) is 16.5 Å². The predicted molar refractivity (Wildman–Crippen MR) is 108 cm³/mol. The van der Waals surface area contributed by atoms with Crippen molar-refractivity contribution in [1.29, 1.82) is 0 Å². The first-order chi connectivity index (χ1) is 12.5. The molecule has 1 saturated heterocycles. The number of imide groups is 1. The van der Waals surface area contributed by atoms with E-state index in [4.69, 9.17) is 23.2 Å². The normalized spacial score (nSPS) is 17.2. The molecule has 0 aliphatic carbocycles. The third-order valence-corrected chi connectivity index (χ3v) is 5.57. The summed E-state index contributed by atoms with van der Waals surface area (Å²) in [5.41, 5.74) is 1.09. The summed E-state index contributed by atoms with van der Waals surface area (Å²) < 4.78 is 0. The summed E-state index contributed by atoms with van der Waals surface area (Å²) in [6, 6.07) is 18.1. The Balaban J connectivity index is 1.68. The van der Waals surface area contributed by atoms with Crippen molar-refractivity contribution >= 4 is 68.3 Å². The molecule has 1 fully saturated rings. The molecule has 1 heterocycles. The lowest BCUT2D eigenvalue weighted by molar-refractivity contribution is -0.116. The monoisotopic (exact) mass is 402 g/mol. The molecule has 1 unspecified atom stereocenters. The lowest BCUT2D eigenvalue weighted by Gasteiger charge is -2.17. The van der Waals surface area contributed by atoms with Crippen LogP contribution in [0.5, 0.6) is 0 Å². The number of nitrogens with zero attached hydrogens (tertiary/aromatic N) is 1. The molecule has 0 saturated carbocycles. The van der Waals surface area contributed by atoms with E-state index in [1.54, 1.807) is 24.3 Å². The van der Waals surface area contributed by atoms with Crippen molar-refractivity contribution < 1.29 is 9.59 Å². The van der Waals surface area contributed by atoms with E-state index in [-0.39, 0.29) is 11.1 Å². The maximum atomic E-state index is 12.9. The number of anilines is 2. The van der Waals surface area contributed by atoms with Crippen molar-refractivity contribution in [3.05, 3.63) is 70.7 Å². The fraction of sp³-hybridized carbons (Fsp3) is 0.0526. The van der Waals surface area contributed by atoms with Crippen molar-refractivity contribution in [2.24, 2.45) is 0 Å². The zero-order valence-electron chi connectivity index (χ0n) is 13.3. The number of nitrogens with one attached hydrogen (secondary N) is 1. The van der Waals surface area contributed by atoms with Crippen LogP contribution in [0.4, 0.5) is 16.2 Å². The van der Waals surface area contributed by atoms with Gasteiger partial charge in [0.1, 0.15) is 0 Å². The molecule has 2 amide bonds. The zero-order chi connectivity index (χ0) is 18.3. The lowest BCUT2D eigenvalue weighted by Crippen LogP contribution is -2.34. The van der Waals surface area contributed by atoms with Gasteiger partial charge in [-0.15, -0.1) is 0 Å². The van der Waals surface area contributed by atoms with Crippen LogP contribution < -0.4 is 10.2 Å². The topological polar surface area (TPSA) is 49.4 Å². The molecule has 0 bridgehead atoms. The van der Waals surface area contributed by atoms with Gasteiger partial charge in [0, 0.05) is 10.4 Å². The van der Waals surface area contributed by atoms with Gasteiger partial charge < -0.3 is 5.32 Å². The van der Waals surface area contributed by atoms with Crippen LogP contribution in [0.3, 0.4) is 0 Å². The molecule has 1 aliphatic heterocycles. The van der Waals surface area contributed by atoms with Crippen molar-refractivity contribution in [2.75, 3.05) is 10.2 Å². The molecule has 3 aromatic rings. The van der Waals surface area contributed by atoms with Gasteiger partial charge in [-0.1, -0.05) is 59.6 Å². The van der Waals surface area contributed by atoms with E-state index in [2.05, 4.69) is 5.32 Å². The SMILES string of the molecule is O=C1SC(Nc2cc(Cl)ccc2Cl)C(=O)N1c1cccc2ccccc12. The summed E-state index contributed by atoms with van der Waals surface area (Å²) in [4.78, 5) is 26.7. The first-order valence-electron chi connectivity index (χ1n) is 7.78. The van der Waals surface area contributed by atoms with Crippen LogP contribution in [0.15, 0.2) is 60.7 Å². The van der Waals surface area contributed by atoms with Gasteiger partial charge in [0.15, 0.2) is 5.37 Å². The van der Waals surface area contributed by atoms with Gasteiger partial charge in [-0.3, -0.25) is 9.59 Å². The molecule has 26 heavy (non-hydrogen) atoms. The van der Waals surface area contributed by atoms with Gasteiger partial charge in [-0.25, -0.2) is 4.90 Å². The second-order valence-electron chi connectivity index (χ2n) is 5.70. The highest BCUT2D eigenvalue weighted by molar-refractivity contribution is 8.16. The third-order valence-electron chi connectivity index (χ3n) is 4.07. The molecule has 1 atom stereocenters. The molecule has 1 N–H and O–H groups in total. The Morgan fingerprint density at radius 3 is 2.58 bits per heavy atom. The second-order valence-corrected chi connectivity index (χ2v) is 7.60. The molecular formula is C19H12Cl2N2O2S. The summed E-state index contributed by atoms with van der Waals surface area (Å²) in [7, 11) is 0. The Morgan fingerprint density at radius 1 is 0.962 bits per heavy atom. The Morgan fingerprint density at radius 2 is 1.73 bits per heavy atom. The largest absolute Gasteiger partial charge is 0.364 e. The number of rotatable bonds is 3. The Labute approximate surface area is 164 Å². The first-order valence-corrected chi connectivity index (χ1v) is 9.42. The number of amides is 2. The minimum Gasteiger partial charge on any atom is -0.364 e. The highest BCUT2D eigenvalue weighted by Crippen LogP contribution is 2.37. The van der Waals surface area contributed by atoms with Gasteiger partial charge in [0.2, 0.25) is 0 Å². The third kappa shape index (κ3) is 3.03. The van der Waals surface area contributed by atoms with Crippen LogP contribution in [0.25, 0.3) is 10.8 Å². The van der Waals surface area contributed by atoms with Crippen LogP contribution in [-0.2, 0) is 4.79 Å². The lowest BCUT2D eigenvalue weighted by atomic mass is 10.1. The number of benzene rings is 3. The molecule has 4 nitrogen and oxygen atoms in total. The number of carbonyl (C=O) groups is 2. The highest BCUT2D eigenvalue weighted by atomic mass is 35.5. The molecule has 7 heteroatoms. The van der Waals surface area contributed by atoms with E-state index < -0.39 is 5.37 Å². The molecule has 0 spiro atoms. The summed E-state index contributed by atoms with van der Waals surface area (Å²) in [6.45, 7) is 0. The number of hydrogen-bond donors (Lipinski definition) is 1. The van der Waals surface area contributed by atoms with Crippen molar-refractivity contribution in [3.63, 3.8) is 0 Å². The van der Waals surface area contributed by atoms with Crippen LogP contribution in [0.2, 0.25) is 10.0 Å². The van der Waals surface area contributed by atoms with E-state index in [0.29, 0.717) is 21.4 Å². The Kier molecular flexibility index (Phi) is 4.53. The summed E-state index contributed by atoms with van der Waals surface area (Å²) in [6.07, 6.45) is 0. The van der Waals surface area contributed by atoms with Crippen molar-refractivity contribution in [1.82, 2.24) is 0 Å². The molecule has 0 radical (unpaired) electrons. The number of carbonyl (C=O) groups excluding carboxylic acids is 2. The van der Waals surface area contributed by atoms with Crippen molar-refractivity contribution in [2.45, 2.75) is 5.37 Å². The fourth-order valence-electron chi connectivity index (χ4n) is 2.87. The van der Waals surface area contributed by atoms with Gasteiger partial charge in [0.05, 0.1) is 16.4 Å². The van der Waals surface area contributed by atoms with Crippen LogP contribution in [0.1, 0.15) is 0 Å². The minimum absolute atomic E-state index is 0.331. The molecule has 4 rings (SSSR count). The summed E-state index contributed by atoms with van der Waals surface area (Å²) in [5, 5.41) is 4.64. The summed E-state index contributed by atoms with van der Waals surface area (Å²) in [5.74, 6) is -0.340. The quantitative estimate of drug-likeness (QED) is 0.602. The fourth-order valence-corrected chi connectivity index (χ4v) is 4.10. The summed E-state index contributed by atoms with van der Waals surface area (Å²) >= 11 is 13.1. The maximum Gasteiger partial charge on any atom is 0.295 e. The molecule has 3 aromatic carbocycles. The molecule has 130 valence electrons. The second kappa shape index (κ2) is 6.83. The molecule has 0 aromatic heterocycles. The van der Waals surface area contributed by atoms with Gasteiger partial charge in [-0.05, 0) is 41.4 Å². The van der Waals surface area contributed by atoms with E-state index in [1.807, 2.05) is 36.4 Å². The van der Waals surface area contributed by atoms with Crippen molar-refractivity contribution in [3.8, 4) is 0 Å². The Hall–Kier alpha value is -2.21. The number of halogens is 2. The zero-order valence-corrected chi connectivity index (χ0v) is 15.6. The standard InChI is InChI=1S/C19H12Cl2N2O2S/c20-12-8-9-14(21)15(10-12)22-17-18(24)23(19(25)26-17)16-7-3-5-11-4-1-2-6-13(11)16/h1-10,17,22H. The van der Waals surface area contributed by atoms with E-state index in [9.17, 15) is 9.59 Å². The van der Waals surface area contributed by atoms with E-state index in [0.717, 1.165) is 22.5 Å². The van der Waals surface area contributed by atoms with Crippen LogP contribution >= 0.6 is 35.0 Å². The Bertz CT molecular complexity index is 1040. The first kappa shape index (κ1) is 17.2. The van der Waals surface area contributed by atoms with E-state index >= 15 is 0 Å². The van der Waals surface area contributed by atoms with Gasteiger partial charge >= 0.3 is 0 Å². The average molecular weight is 403 g/mol. The molecule has 1 aliphatic rings. The highest BCUT2D eigenvalue weighted by Gasteiger charge is 2.41. The average Bonchev–Trinajstić information content (AvgIpc) is 2.91. The predicted octanol–water partition coefficient (Wildman–Crippen LogP) is 5.78. The molecular weight excluding hydrogens is 391 g/mol. The smallest absolute Gasteiger partial charge is 0.295 e. The van der Waals surface area contributed by atoms with E-state index in [1.165, 1.54) is 4.90 Å². The minimum atomic E-state index is -0.766. The van der Waals surface area contributed by atoms with Crippen LogP contribution in [0, 0.1) is 0 Å². The number of fused-ring (bicyclic) bond motifs is 1. The van der Waals surface area contributed by atoms with Gasteiger partial charge in [-0.2, -0.15) is 0 Å². The number of thioether (sulfide) groups is 1.